The van der Waals surface area contributed by atoms with Crippen LogP contribution < -0.4 is 9.62 Å². The van der Waals surface area contributed by atoms with Crippen LogP contribution in [0.1, 0.15) is 197 Å². The number of benzene rings is 6. The van der Waals surface area contributed by atoms with Crippen molar-refractivity contribution in [1.29, 1.82) is 0 Å². The molecule has 3 heterocycles. The molecule has 0 saturated heterocycles. The number of rotatable bonds is 40. The summed E-state index contributed by atoms with van der Waals surface area (Å²) in [4.78, 5) is 78.4. The van der Waals surface area contributed by atoms with Gasteiger partial charge in [-0.3, -0.25) is 28.8 Å². The molecule has 28 nitrogen and oxygen atoms in total. The number of carbonyl (C=O) groups excluding carboxylic acids is 2. The summed E-state index contributed by atoms with van der Waals surface area (Å²) < 4.78 is 76.1. The lowest BCUT2D eigenvalue weighted by molar-refractivity contribution is -0.159. The van der Waals surface area contributed by atoms with Crippen LogP contribution in [-0.2, 0) is 45.3 Å². The molecule has 0 radical (unpaired) electrons. The van der Waals surface area contributed by atoms with Gasteiger partial charge < -0.3 is 85.6 Å². The van der Waals surface area contributed by atoms with E-state index in [4.69, 9.17) is 25.2 Å². The molecule has 2 aliphatic carbocycles. The number of carbonyl (C=O) groups is 6. The summed E-state index contributed by atoms with van der Waals surface area (Å²) in [5.74, 6) is -6.54. The number of aromatic nitrogens is 4. The molecule has 32 heteroatoms. The van der Waals surface area contributed by atoms with Crippen molar-refractivity contribution < 1.29 is 121 Å². The van der Waals surface area contributed by atoms with E-state index in [1.165, 1.54) is 67.7 Å². The minimum absolute atomic E-state index is 0.0156. The monoisotopic (exact) mass is 1870 g/mol. The molecule has 2 aliphatic rings. The molecule has 9 aromatic rings. The van der Waals surface area contributed by atoms with E-state index in [0.717, 1.165) is 55.1 Å². The van der Waals surface area contributed by atoms with Gasteiger partial charge in [0.2, 0.25) is 16.0 Å². The van der Waals surface area contributed by atoms with E-state index in [1.807, 2.05) is 143 Å². The lowest BCUT2D eigenvalue weighted by Crippen LogP contribution is -2.43. The van der Waals surface area contributed by atoms with E-state index in [9.17, 15) is 96.3 Å². The number of nitrogens with one attached hydrogen (secondary N) is 1. The van der Waals surface area contributed by atoms with Gasteiger partial charge in [-0.1, -0.05) is 164 Å². The second-order valence-electron chi connectivity index (χ2n) is 34.9. The van der Waals surface area contributed by atoms with E-state index in [-0.39, 0.29) is 116 Å². The third kappa shape index (κ3) is 31.1. The average Bonchev–Trinajstić information content (AvgIpc) is 1.61. The Morgan fingerprint density at radius 1 is 0.582 bits per heavy atom. The van der Waals surface area contributed by atoms with Crippen LogP contribution in [0.15, 0.2) is 194 Å². The summed E-state index contributed by atoms with van der Waals surface area (Å²) in [6, 6.07) is 44.6. The number of ether oxygens (including phenoxy) is 1. The Morgan fingerprint density at radius 2 is 1.06 bits per heavy atom. The number of halogens is 3. The Labute approximate surface area is 778 Å². The fourth-order valence-corrected chi connectivity index (χ4v) is 16.9. The normalized spacial score (nSPS) is 17.4. The highest BCUT2D eigenvalue weighted by Crippen LogP contribution is 2.47. The van der Waals surface area contributed by atoms with Crippen LogP contribution in [0.3, 0.4) is 0 Å². The Hall–Kier alpha value is -11.8. The fourth-order valence-electron chi connectivity index (χ4n) is 16.5. The quantitative estimate of drug-likeness (QED) is 0.0159. The molecule has 3 aromatic heterocycles. The van der Waals surface area contributed by atoms with Crippen molar-refractivity contribution in [2.24, 2.45) is 23.7 Å². The van der Waals surface area contributed by atoms with Crippen molar-refractivity contribution >= 4 is 80.5 Å². The fraction of sp³-hybridized carbons (Fsp3) is 0.412. The maximum absolute atomic E-state index is 14.0. The lowest BCUT2D eigenvalue weighted by atomic mass is 9.66. The summed E-state index contributed by atoms with van der Waals surface area (Å²) in [6.45, 7) is 17.9. The zero-order valence-corrected chi connectivity index (χ0v) is 77.8. The van der Waals surface area contributed by atoms with Gasteiger partial charge in [-0.05, 0) is 183 Å². The minimum Gasteiger partial charge on any atom is -0.481 e. The highest BCUT2D eigenvalue weighted by Gasteiger charge is 2.43. The zero-order valence-electron chi connectivity index (χ0n) is 77.0. The molecule has 11 rings (SSSR count). The molecule has 0 unspecified atom stereocenters. The summed E-state index contributed by atoms with van der Waals surface area (Å²) in [6.07, 6.45) is 3.72. The van der Waals surface area contributed by atoms with Crippen molar-refractivity contribution in [3.8, 4) is 44.8 Å². The van der Waals surface area contributed by atoms with Crippen molar-refractivity contribution in [2.75, 3.05) is 22.9 Å². The summed E-state index contributed by atoms with van der Waals surface area (Å²) in [5, 5.41) is 131. The number of esters is 1. The second kappa shape index (κ2) is 50.5. The topological polar surface area (TPSA) is 460 Å². The number of amides is 1. The van der Waals surface area contributed by atoms with Crippen LogP contribution in [0.4, 0.5) is 24.8 Å². The molecule has 0 fully saturated rings. The number of allylic oxidation sites excluding steroid dienone is 2. The molecule has 134 heavy (non-hydrogen) atoms. The number of hydrogen-bond acceptors (Lipinski definition) is 20. The first-order valence-electron chi connectivity index (χ1n) is 44.8. The highest BCUT2D eigenvalue weighted by atomic mass is 32.2. The maximum Gasteiger partial charge on any atom is 0.308 e. The molecule has 14 N–H and O–H groups in total. The van der Waals surface area contributed by atoms with Crippen molar-refractivity contribution in [3.05, 3.63) is 239 Å². The molecular weight excluding hydrogens is 1750 g/mol. The van der Waals surface area contributed by atoms with Gasteiger partial charge in [0.15, 0.2) is 0 Å². The first kappa shape index (κ1) is 108. The molecular formula is C102H125F3N6O22S. The molecule has 0 bridgehead atoms. The number of sulfonamides is 1. The Bertz CT molecular complexity index is 5650. The van der Waals surface area contributed by atoms with Crippen LogP contribution in [0.2, 0.25) is 0 Å². The third-order valence-corrected chi connectivity index (χ3v) is 24.3. The SMILES string of the molecule is CC(C)c1c(C(=O)Nc2ccccc2)c(-c2ccccc2)c(-c2ccc(F)cc2)n1CC[C@@H](O)C[C@@H](O)CC(=O)O.CC(C)c1nc(N(C)S(C)(=O)=O)nc(-c2ccc(F)cc2)c1/C=C/[C@@H](O)C[C@@H](O)CC(=O)O.CC(C)n1c(/C=C/[C@@H](O)C[C@@H](O)CC(=O)O)c(-c2ccc(F)cc2)c2ccccc21.CC[C@H](C)C(=O)O[C@H]1C[C@H](O)C=C2C=C[C@H](C)[C@H](CC[C@@H](O)C[C@@H](O)CC(=O)O)[C@H]21. The number of nitrogens with zero attached hydrogens (tertiary/aromatic N) is 5. The summed E-state index contributed by atoms with van der Waals surface area (Å²) in [5.41, 5.74) is 11.2. The average molecular weight is 1880 g/mol. The van der Waals surface area contributed by atoms with Gasteiger partial charge in [-0.15, -0.1) is 0 Å². The van der Waals surface area contributed by atoms with Crippen LogP contribution in [0.5, 0.6) is 0 Å². The van der Waals surface area contributed by atoms with E-state index in [0.29, 0.717) is 76.3 Å². The van der Waals surface area contributed by atoms with Gasteiger partial charge in [0.1, 0.15) is 23.6 Å². The molecule has 0 saturated carbocycles. The van der Waals surface area contributed by atoms with Crippen LogP contribution in [-0.4, -0.2) is 204 Å². The maximum atomic E-state index is 14.0. The van der Waals surface area contributed by atoms with Crippen molar-refractivity contribution in [1.82, 2.24) is 19.1 Å². The van der Waals surface area contributed by atoms with Gasteiger partial charge >= 0.3 is 29.8 Å². The number of fused-ring (bicyclic) bond motifs is 2. The molecule has 0 spiro atoms. The van der Waals surface area contributed by atoms with Gasteiger partial charge in [0.05, 0.1) is 115 Å². The standard InChI is InChI=1S/C33H35FN2O5.C24H26FNO4.C23H36O7.C22H28FN3O6S/c1-21(2)31-30(33(41)35-25-11-7-4-8-12-25)29(22-9-5-3-6-10-22)32(23-13-15-24(34)16-14-23)36(31)18-17-26(37)19-27(38)20-28(39)40;1-15(2)26-21-6-4-3-5-20(21)24(16-7-9-17(25)10-8-16)22(26)12-11-18(27)13-19(28)14-23(29)30;1-4-13(2)23(29)30-20-11-17(25)9-15-6-5-14(3)19(22(15)20)8-7-16(24)10-18(26)12-21(27)28;1-13(2)20-18(10-9-16(27)11-17(28)12-19(29)30)21(14-5-7-15(23)8-6-14)25-22(24-20)26(3)33(4,31)32/h3-16,21,26-27,37-38H,17-20H2,1-2H3,(H,35,41)(H,39,40);3-12,15,18-19,27-28H,13-14H2,1-2H3,(H,29,30);5-6,9,13-14,16-20,22,24-26H,4,7-8,10-12H2,1-3H3,(H,27,28);5-10,13,16-17,27-28H,11-12H2,1-4H3,(H,29,30)/b;12-11+;;10-9+/t26-,27-;18-,19-;13-,14-,16+,17+,18+,19-,20-,22-;16-,17-/m1101/s1. The lowest BCUT2D eigenvalue weighted by Gasteiger charge is -2.43. The van der Waals surface area contributed by atoms with E-state index in [1.54, 1.807) is 36.4 Å². The van der Waals surface area contributed by atoms with Crippen LogP contribution in [0.25, 0.3) is 67.8 Å². The molecule has 1 amide bonds. The Balaban J connectivity index is 0.000000222. The van der Waals surface area contributed by atoms with Gasteiger partial charge in [0.25, 0.3) is 5.91 Å². The van der Waals surface area contributed by atoms with Gasteiger partial charge in [-0.2, -0.15) is 0 Å². The smallest absolute Gasteiger partial charge is 0.308 e. The summed E-state index contributed by atoms with van der Waals surface area (Å²) in [7, 11) is -2.33. The Morgan fingerprint density at radius 3 is 1.56 bits per heavy atom. The number of para-hydroxylation sites is 2. The molecule has 14 atom stereocenters. The van der Waals surface area contributed by atoms with Crippen LogP contribution >= 0.6 is 0 Å². The summed E-state index contributed by atoms with van der Waals surface area (Å²) >= 11 is 0. The first-order valence-corrected chi connectivity index (χ1v) is 46.6. The third-order valence-electron chi connectivity index (χ3n) is 23.2. The number of carboxylic acid groups (broad SMARTS) is 4. The number of aliphatic hydroxyl groups is 9. The number of aliphatic carboxylic acids is 4. The number of aliphatic hydroxyl groups excluding tert-OH is 9. The molecule has 722 valence electrons. The van der Waals surface area contributed by atoms with Gasteiger partial charge in [0, 0.05) is 95.0 Å². The highest BCUT2D eigenvalue weighted by molar-refractivity contribution is 7.92. The number of anilines is 2. The molecule has 0 aliphatic heterocycles. The molecule has 6 aromatic carbocycles. The minimum atomic E-state index is -3.65. The van der Waals surface area contributed by atoms with E-state index < -0.39 is 120 Å². The van der Waals surface area contributed by atoms with Gasteiger partial charge in [-0.25, -0.2) is 35.9 Å². The number of carboxylic acids is 4. The van der Waals surface area contributed by atoms with Crippen LogP contribution in [0, 0.1) is 41.1 Å². The second-order valence-corrected chi connectivity index (χ2v) is 36.9. The van der Waals surface area contributed by atoms with E-state index >= 15 is 0 Å². The van der Waals surface area contributed by atoms with Crippen molar-refractivity contribution in [3.63, 3.8) is 0 Å². The predicted molar refractivity (Wildman–Crippen MR) is 507 cm³/mol. The Kier molecular flexibility index (Phi) is 40.5. The largest absolute Gasteiger partial charge is 0.481 e. The van der Waals surface area contributed by atoms with E-state index in [2.05, 4.69) is 46.7 Å². The number of hydrogen-bond donors (Lipinski definition) is 14. The van der Waals surface area contributed by atoms with Crippen molar-refractivity contribution in [2.45, 2.75) is 231 Å². The first-order chi connectivity index (χ1) is 63.3. The zero-order chi connectivity index (χ0) is 98.7. The predicted octanol–water partition coefficient (Wildman–Crippen LogP) is 15.8.